The van der Waals surface area contributed by atoms with Gasteiger partial charge < -0.3 is 15.0 Å². The van der Waals surface area contributed by atoms with Crippen molar-refractivity contribution in [2.75, 3.05) is 25.6 Å². The zero-order valence-corrected chi connectivity index (χ0v) is 18.3. The number of carbonyl (C=O) groups excluding carboxylic acids is 2. The Morgan fingerprint density at radius 2 is 1.87 bits per heavy atom. The van der Waals surface area contributed by atoms with Crippen LogP contribution in [-0.4, -0.2) is 32.6 Å². The van der Waals surface area contributed by atoms with E-state index in [1.807, 2.05) is 31.1 Å². The number of amides is 1. The van der Waals surface area contributed by atoms with Crippen LogP contribution in [0, 0.1) is 11.3 Å². The SMILES string of the molecule is C[C@@H](NC(=O)COC(=O)/C(C#N)=C/c1ccc(N(C)C)cc1)c1ccc(Cl)cc1Cl. The van der Waals surface area contributed by atoms with E-state index in [1.165, 1.54) is 6.08 Å². The van der Waals surface area contributed by atoms with Gasteiger partial charge in [-0.25, -0.2) is 4.79 Å². The zero-order chi connectivity index (χ0) is 22.3. The lowest BCUT2D eigenvalue weighted by Crippen LogP contribution is -2.31. The molecule has 0 aliphatic heterocycles. The molecule has 0 aromatic heterocycles. The summed E-state index contributed by atoms with van der Waals surface area (Å²) in [5.41, 5.74) is 2.14. The molecule has 30 heavy (non-hydrogen) atoms. The first-order valence-electron chi connectivity index (χ1n) is 9.02. The number of benzene rings is 2. The highest BCUT2D eigenvalue weighted by Crippen LogP contribution is 2.26. The summed E-state index contributed by atoms with van der Waals surface area (Å²) >= 11 is 12.0. The van der Waals surface area contributed by atoms with Crippen molar-refractivity contribution in [3.8, 4) is 6.07 Å². The number of hydrogen-bond acceptors (Lipinski definition) is 5. The van der Waals surface area contributed by atoms with Crippen molar-refractivity contribution in [1.29, 1.82) is 5.26 Å². The van der Waals surface area contributed by atoms with E-state index in [0.717, 1.165) is 5.69 Å². The molecule has 6 nitrogen and oxygen atoms in total. The molecule has 0 aliphatic rings. The number of ether oxygens (including phenoxy) is 1. The molecule has 1 N–H and O–H groups in total. The van der Waals surface area contributed by atoms with E-state index >= 15 is 0 Å². The Labute approximate surface area is 185 Å². The number of hydrogen-bond donors (Lipinski definition) is 1. The third-order valence-corrected chi connectivity index (χ3v) is 4.76. The Hall–Kier alpha value is -3.01. The molecule has 0 saturated carbocycles. The first-order valence-corrected chi connectivity index (χ1v) is 9.77. The smallest absolute Gasteiger partial charge is 0.349 e. The van der Waals surface area contributed by atoms with Gasteiger partial charge in [0.15, 0.2) is 6.61 Å². The molecule has 0 radical (unpaired) electrons. The van der Waals surface area contributed by atoms with Crippen LogP contribution in [0.5, 0.6) is 0 Å². The maximum atomic E-state index is 12.2. The summed E-state index contributed by atoms with van der Waals surface area (Å²) in [6.45, 7) is 1.22. The Kier molecular flexibility index (Phi) is 8.28. The van der Waals surface area contributed by atoms with Gasteiger partial charge in [0.2, 0.25) is 0 Å². The van der Waals surface area contributed by atoms with Gasteiger partial charge in [-0.2, -0.15) is 5.26 Å². The van der Waals surface area contributed by atoms with Crippen LogP contribution >= 0.6 is 23.2 Å². The second-order valence-electron chi connectivity index (χ2n) is 6.69. The number of nitrogens with one attached hydrogen (secondary N) is 1. The largest absolute Gasteiger partial charge is 0.451 e. The molecule has 8 heteroatoms. The van der Waals surface area contributed by atoms with Crippen LogP contribution in [0.1, 0.15) is 24.1 Å². The predicted octanol–water partition coefficient (Wildman–Crippen LogP) is 4.39. The second kappa shape index (κ2) is 10.7. The van der Waals surface area contributed by atoms with Gasteiger partial charge in [0.25, 0.3) is 5.91 Å². The predicted molar refractivity (Wildman–Crippen MR) is 118 cm³/mol. The molecular formula is C22H21Cl2N3O3. The first kappa shape index (κ1) is 23.3. The van der Waals surface area contributed by atoms with Gasteiger partial charge in [0, 0.05) is 29.8 Å². The van der Waals surface area contributed by atoms with E-state index in [0.29, 0.717) is 21.2 Å². The third-order valence-electron chi connectivity index (χ3n) is 4.20. The molecule has 0 aliphatic carbocycles. The van der Waals surface area contributed by atoms with Crippen molar-refractivity contribution < 1.29 is 14.3 Å². The molecule has 156 valence electrons. The van der Waals surface area contributed by atoms with Gasteiger partial charge in [-0.15, -0.1) is 0 Å². The lowest BCUT2D eigenvalue weighted by atomic mass is 10.1. The molecule has 2 aromatic rings. The molecule has 0 spiro atoms. The minimum absolute atomic E-state index is 0.200. The quantitative estimate of drug-likeness (QED) is 0.388. The van der Waals surface area contributed by atoms with Crippen LogP contribution in [-0.2, 0) is 14.3 Å². The summed E-state index contributed by atoms with van der Waals surface area (Å²) in [5.74, 6) is -1.39. The number of anilines is 1. The summed E-state index contributed by atoms with van der Waals surface area (Å²) in [7, 11) is 3.82. The molecule has 2 aromatic carbocycles. The van der Waals surface area contributed by atoms with Gasteiger partial charge in [0.1, 0.15) is 11.6 Å². The zero-order valence-electron chi connectivity index (χ0n) is 16.8. The van der Waals surface area contributed by atoms with E-state index < -0.39 is 24.5 Å². The Morgan fingerprint density at radius 3 is 2.43 bits per heavy atom. The lowest BCUT2D eigenvalue weighted by Gasteiger charge is -2.16. The van der Waals surface area contributed by atoms with Crippen LogP contribution in [0.15, 0.2) is 48.0 Å². The molecule has 0 bridgehead atoms. The van der Waals surface area contributed by atoms with Gasteiger partial charge in [-0.3, -0.25) is 4.79 Å². The van der Waals surface area contributed by atoms with E-state index in [-0.39, 0.29) is 5.57 Å². The minimum Gasteiger partial charge on any atom is -0.451 e. The summed E-state index contributed by atoms with van der Waals surface area (Å²) in [4.78, 5) is 26.2. The number of nitrogens with zero attached hydrogens (tertiary/aromatic N) is 2. The first-order chi connectivity index (χ1) is 14.2. The summed E-state index contributed by atoms with van der Waals surface area (Å²) in [6.07, 6.45) is 1.41. The Balaban J connectivity index is 1.95. The van der Waals surface area contributed by atoms with Crippen LogP contribution in [0.25, 0.3) is 6.08 Å². The standard InChI is InChI=1S/C22H21Cl2N3O3/c1-14(19-9-6-17(23)11-20(19)24)26-21(28)13-30-22(29)16(12-25)10-15-4-7-18(8-5-15)27(2)3/h4-11,14H,13H2,1-3H3,(H,26,28)/b16-10+/t14-/m1/s1. The topological polar surface area (TPSA) is 82.4 Å². The number of nitriles is 1. The van der Waals surface area contributed by atoms with E-state index in [1.54, 1.807) is 43.3 Å². The Bertz CT molecular complexity index is 996. The Morgan fingerprint density at radius 1 is 1.20 bits per heavy atom. The minimum atomic E-state index is -0.874. The maximum absolute atomic E-state index is 12.2. The van der Waals surface area contributed by atoms with Crippen molar-refractivity contribution >= 4 is 46.8 Å². The van der Waals surface area contributed by atoms with Gasteiger partial charge in [-0.1, -0.05) is 41.4 Å². The van der Waals surface area contributed by atoms with Crippen molar-refractivity contribution in [2.24, 2.45) is 0 Å². The monoisotopic (exact) mass is 445 g/mol. The molecule has 2 rings (SSSR count). The van der Waals surface area contributed by atoms with Crippen molar-refractivity contribution in [1.82, 2.24) is 5.32 Å². The fraction of sp³-hybridized carbons (Fsp3) is 0.227. The average molecular weight is 446 g/mol. The summed E-state index contributed by atoms with van der Waals surface area (Å²) in [6, 6.07) is 13.6. The highest BCUT2D eigenvalue weighted by atomic mass is 35.5. The molecule has 1 amide bonds. The summed E-state index contributed by atoms with van der Waals surface area (Å²) < 4.78 is 4.97. The molecule has 0 heterocycles. The van der Waals surface area contributed by atoms with Crippen LogP contribution in [0.2, 0.25) is 10.0 Å². The number of carbonyl (C=O) groups is 2. The fourth-order valence-electron chi connectivity index (χ4n) is 2.59. The molecule has 0 fully saturated rings. The molecule has 0 saturated heterocycles. The van der Waals surface area contributed by atoms with Crippen LogP contribution in [0.4, 0.5) is 5.69 Å². The lowest BCUT2D eigenvalue weighted by molar-refractivity contribution is -0.144. The summed E-state index contributed by atoms with van der Waals surface area (Å²) in [5, 5.41) is 12.9. The molecular weight excluding hydrogens is 425 g/mol. The van der Waals surface area contributed by atoms with E-state index in [9.17, 15) is 14.9 Å². The average Bonchev–Trinajstić information content (AvgIpc) is 2.70. The molecule has 1 atom stereocenters. The van der Waals surface area contributed by atoms with Crippen molar-refractivity contribution in [3.63, 3.8) is 0 Å². The van der Waals surface area contributed by atoms with E-state index in [2.05, 4.69) is 5.32 Å². The van der Waals surface area contributed by atoms with Crippen LogP contribution in [0.3, 0.4) is 0 Å². The normalized spacial score (nSPS) is 11.9. The number of rotatable bonds is 7. The highest BCUT2D eigenvalue weighted by Gasteiger charge is 2.16. The third kappa shape index (κ3) is 6.51. The van der Waals surface area contributed by atoms with Gasteiger partial charge in [-0.05, 0) is 48.4 Å². The van der Waals surface area contributed by atoms with E-state index in [4.69, 9.17) is 27.9 Å². The second-order valence-corrected chi connectivity index (χ2v) is 7.53. The highest BCUT2D eigenvalue weighted by molar-refractivity contribution is 6.35. The van der Waals surface area contributed by atoms with Gasteiger partial charge in [0.05, 0.1) is 6.04 Å². The number of esters is 1. The molecule has 0 unspecified atom stereocenters. The van der Waals surface area contributed by atoms with Gasteiger partial charge >= 0.3 is 5.97 Å². The van der Waals surface area contributed by atoms with Crippen molar-refractivity contribution in [2.45, 2.75) is 13.0 Å². The van der Waals surface area contributed by atoms with Crippen LogP contribution < -0.4 is 10.2 Å². The number of halogens is 2. The maximum Gasteiger partial charge on any atom is 0.349 e. The van der Waals surface area contributed by atoms with Crippen molar-refractivity contribution in [3.05, 3.63) is 69.2 Å². The fourth-order valence-corrected chi connectivity index (χ4v) is 3.17.